The predicted molar refractivity (Wildman–Crippen MR) is 94.3 cm³/mol. The number of nitrogens with one attached hydrogen (secondary N) is 1. The minimum Gasteiger partial charge on any atom is -0.324 e. The summed E-state index contributed by atoms with van der Waals surface area (Å²) in [5, 5.41) is 12.1. The van der Waals surface area contributed by atoms with Gasteiger partial charge in [0, 0.05) is 23.6 Å². The first-order valence-electron chi connectivity index (χ1n) is 7.65. The Labute approximate surface area is 139 Å². The molecule has 0 unspecified atom stereocenters. The Morgan fingerprint density at radius 2 is 1.38 bits per heavy atom. The molecule has 1 N–H and O–H groups in total. The first-order valence-corrected chi connectivity index (χ1v) is 7.65. The fraction of sp³-hybridized carbons (Fsp3) is 0. The van der Waals surface area contributed by atoms with Crippen molar-refractivity contribution in [2.24, 2.45) is 0 Å². The van der Waals surface area contributed by atoms with E-state index in [9.17, 15) is 0 Å². The molecular formula is C19H15N5. The highest BCUT2D eigenvalue weighted by molar-refractivity contribution is 5.64. The van der Waals surface area contributed by atoms with E-state index >= 15 is 0 Å². The second kappa shape index (κ2) is 6.34. The highest BCUT2D eigenvalue weighted by atomic mass is 15.4. The summed E-state index contributed by atoms with van der Waals surface area (Å²) < 4.78 is 2.00. The molecule has 4 aromatic rings. The van der Waals surface area contributed by atoms with Crippen LogP contribution in [0.25, 0.3) is 17.1 Å². The molecule has 0 aliphatic heterocycles. The van der Waals surface area contributed by atoms with Crippen molar-refractivity contribution < 1.29 is 0 Å². The number of benzene rings is 2. The van der Waals surface area contributed by atoms with Crippen LogP contribution in [0.4, 0.5) is 11.6 Å². The molecule has 2 aromatic carbocycles. The molecule has 5 heteroatoms. The van der Waals surface area contributed by atoms with Crippen molar-refractivity contribution >= 4 is 11.6 Å². The van der Waals surface area contributed by atoms with E-state index in [0.29, 0.717) is 5.95 Å². The molecule has 0 atom stereocenters. The lowest BCUT2D eigenvalue weighted by molar-refractivity contribution is 1.07. The van der Waals surface area contributed by atoms with Gasteiger partial charge in [0.15, 0.2) is 5.82 Å². The van der Waals surface area contributed by atoms with Crippen molar-refractivity contribution in [1.82, 2.24) is 19.7 Å². The van der Waals surface area contributed by atoms with Gasteiger partial charge < -0.3 is 5.32 Å². The molecule has 0 spiro atoms. The number of aromatic nitrogens is 4. The van der Waals surface area contributed by atoms with Gasteiger partial charge in [-0.25, -0.2) is 0 Å². The molecular weight excluding hydrogens is 298 g/mol. The largest absolute Gasteiger partial charge is 0.324 e. The fourth-order valence-electron chi connectivity index (χ4n) is 2.53. The van der Waals surface area contributed by atoms with Crippen molar-refractivity contribution in [2.75, 3.05) is 5.32 Å². The number of rotatable bonds is 4. The second-order valence-corrected chi connectivity index (χ2v) is 5.25. The summed E-state index contributed by atoms with van der Waals surface area (Å²) in [5.41, 5.74) is 2.92. The van der Waals surface area contributed by atoms with Gasteiger partial charge in [0.25, 0.3) is 0 Å². The summed E-state index contributed by atoms with van der Waals surface area (Å²) in [7, 11) is 0. The Hall–Kier alpha value is -3.47. The Kier molecular flexibility index (Phi) is 3.73. The summed E-state index contributed by atoms with van der Waals surface area (Å²) in [5.74, 6) is 1.43. The van der Waals surface area contributed by atoms with Gasteiger partial charge in [0.2, 0.25) is 5.95 Å². The van der Waals surface area contributed by atoms with Crippen LogP contribution in [-0.4, -0.2) is 19.7 Å². The molecule has 0 bridgehead atoms. The normalized spacial score (nSPS) is 10.5. The highest BCUT2D eigenvalue weighted by Gasteiger charge is 2.15. The quantitative estimate of drug-likeness (QED) is 0.617. The lowest BCUT2D eigenvalue weighted by Crippen LogP contribution is -2.03. The average Bonchev–Trinajstić information content (AvgIpc) is 3.07. The van der Waals surface area contributed by atoms with Crippen LogP contribution >= 0.6 is 0 Å². The number of hydrogen-bond donors (Lipinski definition) is 1. The van der Waals surface area contributed by atoms with Crippen LogP contribution in [-0.2, 0) is 0 Å². The van der Waals surface area contributed by atoms with Gasteiger partial charge in [-0.1, -0.05) is 36.4 Å². The van der Waals surface area contributed by atoms with Crippen LogP contribution in [0.15, 0.2) is 85.2 Å². The summed E-state index contributed by atoms with van der Waals surface area (Å²) in [6.45, 7) is 0. The lowest BCUT2D eigenvalue weighted by Gasteiger charge is -2.11. The number of nitrogens with zero attached hydrogens (tertiary/aromatic N) is 4. The van der Waals surface area contributed by atoms with E-state index in [1.807, 2.05) is 77.4 Å². The number of anilines is 2. The standard InChI is InChI=1S/C19H15N5/c1-3-7-16(8-4-1)21-19-23-22-18(15-11-13-20-14-12-15)24(19)17-9-5-2-6-10-17/h1-14H,(H,21,23). The van der Waals surface area contributed by atoms with E-state index in [0.717, 1.165) is 22.8 Å². The first kappa shape index (κ1) is 14.1. The molecule has 116 valence electrons. The summed E-state index contributed by atoms with van der Waals surface area (Å²) in [4.78, 5) is 4.07. The maximum atomic E-state index is 4.38. The smallest absolute Gasteiger partial charge is 0.234 e. The van der Waals surface area contributed by atoms with Crippen LogP contribution in [0, 0.1) is 0 Å². The Morgan fingerprint density at radius 1 is 0.708 bits per heavy atom. The van der Waals surface area contributed by atoms with Crippen molar-refractivity contribution in [1.29, 1.82) is 0 Å². The maximum absolute atomic E-state index is 4.38. The molecule has 0 amide bonds. The monoisotopic (exact) mass is 313 g/mol. The topological polar surface area (TPSA) is 55.6 Å². The van der Waals surface area contributed by atoms with Crippen molar-refractivity contribution in [2.45, 2.75) is 0 Å². The predicted octanol–water partition coefficient (Wildman–Crippen LogP) is 4.07. The third kappa shape index (κ3) is 2.75. The molecule has 24 heavy (non-hydrogen) atoms. The molecule has 2 heterocycles. The minimum absolute atomic E-state index is 0.666. The SMILES string of the molecule is c1ccc(Nc2nnc(-c3ccncc3)n2-c2ccccc2)cc1. The Balaban J connectivity index is 1.84. The number of para-hydroxylation sites is 2. The van der Waals surface area contributed by atoms with Crippen LogP contribution in [0.3, 0.4) is 0 Å². The van der Waals surface area contributed by atoms with E-state index in [1.54, 1.807) is 12.4 Å². The minimum atomic E-state index is 0.666. The molecule has 4 rings (SSSR count). The van der Waals surface area contributed by atoms with Gasteiger partial charge in [-0.05, 0) is 36.4 Å². The molecule has 2 aromatic heterocycles. The van der Waals surface area contributed by atoms with Gasteiger partial charge in [0.05, 0.1) is 5.69 Å². The van der Waals surface area contributed by atoms with E-state index < -0.39 is 0 Å². The lowest BCUT2D eigenvalue weighted by atomic mass is 10.2. The van der Waals surface area contributed by atoms with E-state index in [4.69, 9.17) is 0 Å². The number of hydrogen-bond acceptors (Lipinski definition) is 4. The maximum Gasteiger partial charge on any atom is 0.234 e. The molecule has 0 radical (unpaired) electrons. The van der Waals surface area contributed by atoms with Gasteiger partial charge in [0.1, 0.15) is 0 Å². The van der Waals surface area contributed by atoms with Crippen LogP contribution in [0.1, 0.15) is 0 Å². The molecule has 5 nitrogen and oxygen atoms in total. The van der Waals surface area contributed by atoms with E-state index in [2.05, 4.69) is 20.5 Å². The van der Waals surface area contributed by atoms with Gasteiger partial charge >= 0.3 is 0 Å². The molecule has 0 aliphatic rings. The van der Waals surface area contributed by atoms with E-state index in [1.165, 1.54) is 0 Å². The van der Waals surface area contributed by atoms with Crippen LogP contribution < -0.4 is 5.32 Å². The zero-order valence-corrected chi connectivity index (χ0v) is 12.9. The zero-order valence-electron chi connectivity index (χ0n) is 12.9. The third-order valence-corrected chi connectivity index (χ3v) is 3.65. The van der Waals surface area contributed by atoms with Gasteiger partial charge in [-0.2, -0.15) is 0 Å². The van der Waals surface area contributed by atoms with Crippen molar-refractivity contribution in [3.05, 3.63) is 85.2 Å². The van der Waals surface area contributed by atoms with E-state index in [-0.39, 0.29) is 0 Å². The molecule has 0 aliphatic carbocycles. The number of pyridine rings is 1. The zero-order chi connectivity index (χ0) is 16.2. The van der Waals surface area contributed by atoms with Crippen molar-refractivity contribution in [3.63, 3.8) is 0 Å². The highest BCUT2D eigenvalue weighted by Crippen LogP contribution is 2.26. The first-order chi connectivity index (χ1) is 11.9. The molecule has 0 fully saturated rings. The van der Waals surface area contributed by atoms with Gasteiger partial charge in [-0.3, -0.25) is 9.55 Å². The van der Waals surface area contributed by atoms with Crippen LogP contribution in [0.2, 0.25) is 0 Å². The van der Waals surface area contributed by atoms with Crippen LogP contribution in [0.5, 0.6) is 0 Å². The second-order valence-electron chi connectivity index (χ2n) is 5.25. The fourth-order valence-corrected chi connectivity index (χ4v) is 2.53. The summed E-state index contributed by atoms with van der Waals surface area (Å²) in [6.07, 6.45) is 3.51. The van der Waals surface area contributed by atoms with Crippen molar-refractivity contribution in [3.8, 4) is 17.1 Å². The summed E-state index contributed by atoms with van der Waals surface area (Å²) in [6, 6.07) is 23.8. The average molecular weight is 313 g/mol. The molecule has 0 saturated carbocycles. The van der Waals surface area contributed by atoms with Gasteiger partial charge in [-0.15, -0.1) is 10.2 Å². The Bertz CT molecular complexity index is 918. The molecule has 0 saturated heterocycles. The Morgan fingerprint density at radius 3 is 2.08 bits per heavy atom. The summed E-state index contributed by atoms with van der Waals surface area (Å²) >= 11 is 0. The third-order valence-electron chi connectivity index (χ3n) is 3.65.